The molecule has 4 nitrogen and oxygen atoms in total. The van der Waals surface area contributed by atoms with Gasteiger partial charge in [-0.15, -0.1) is 0 Å². The monoisotopic (exact) mass is 313 g/mol. The molecule has 1 fully saturated rings. The van der Waals surface area contributed by atoms with Crippen LogP contribution in [-0.2, 0) is 11.8 Å². The van der Waals surface area contributed by atoms with Crippen LogP contribution in [0.4, 0.5) is 0 Å². The summed E-state index contributed by atoms with van der Waals surface area (Å²) in [5.41, 5.74) is 3.34. The number of fused-ring (bicyclic) bond motifs is 2. The highest BCUT2D eigenvalue weighted by Gasteiger charge is 2.44. The molecule has 0 saturated carbocycles. The van der Waals surface area contributed by atoms with Crippen molar-refractivity contribution in [2.24, 2.45) is 0 Å². The van der Waals surface area contributed by atoms with E-state index in [2.05, 4.69) is 4.98 Å². The maximum Gasteiger partial charge on any atom is 0.254 e. The van der Waals surface area contributed by atoms with Crippen LogP contribution in [0.5, 0.6) is 0 Å². The van der Waals surface area contributed by atoms with Crippen LogP contribution in [-0.4, -0.2) is 33.9 Å². The predicted octanol–water partition coefficient (Wildman–Crippen LogP) is 2.97. The average Bonchev–Trinajstić information content (AvgIpc) is 3.17. The van der Waals surface area contributed by atoms with Gasteiger partial charge in [0.15, 0.2) is 0 Å². The number of carbonyl (C=O) groups is 1. The third-order valence-corrected chi connectivity index (χ3v) is 5.68. The molecule has 5 heteroatoms. The second kappa shape index (κ2) is 5.16. The minimum Gasteiger partial charge on any atom is -0.338 e. The van der Waals surface area contributed by atoms with E-state index in [9.17, 15) is 4.79 Å². The smallest absolute Gasteiger partial charge is 0.254 e. The van der Waals surface area contributed by atoms with Gasteiger partial charge in [-0.05, 0) is 49.6 Å². The van der Waals surface area contributed by atoms with Gasteiger partial charge < -0.3 is 4.90 Å². The molecule has 0 bridgehead atoms. The fourth-order valence-corrected chi connectivity index (χ4v) is 4.53. The maximum atomic E-state index is 12.7. The van der Waals surface area contributed by atoms with Gasteiger partial charge in [-0.2, -0.15) is 11.3 Å². The molecule has 2 aromatic rings. The molecule has 0 aromatic carbocycles. The van der Waals surface area contributed by atoms with Crippen LogP contribution in [0.1, 0.15) is 46.7 Å². The van der Waals surface area contributed by atoms with Crippen LogP contribution in [0.15, 0.2) is 23.0 Å². The SMILES string of the molecule is Cc1ncc2c(n1)C1(CCCN(C(=O)c3ccsc3)C1)CC2. The maximum absolute atomic E-state index is 12.7. The first-order valence-corrected chi connectivity index (χ1v) is 8.77. The number of aromatic nitrogens is 2. The lowest BCUT2D eigenvalue weighted by molar-refractivity contribution is 0.0634. The molecule has 1 spiro atoms. The van der Waals surface area contributed by atoms with Crippen LogP contribution in [0.25, 0.3) is 0 Å². The minimum atomic E-state index is 0.0486. The van der Waals surface area contributed by atoms with Crippen molar-refractivity contribution in [1.29, 1.82) is 0 Å². The Labute approximate surface area is 134 Å². The lowest BCUT2D eigenvalue weighted by atomic mass is 9.77. The van der Waals surface area contributed by atoms with E-state index in [1.165, 1.54) is 11.3 Å². The molecular formula is C17H19N3OS. The highest BCUT2D eigenvalue weighted by molar-refractivity contribution is 7.08. The lowest BCUT2D eigenvalue weighted by Gasteiger charge is -2.40. The van der Waals surface area contributed by atoms with Crippen molar-refractivity contribution in [3.63, 3.8) is 0 Å². The van der Waals surface area contributed by atoms with E-state index in [0.717, 1.165) is 50.2 Å². The molecule has 2 aromatic heterocycles. The molecule has 1 saturated heterocycles. The van der Waals surface area contributed by atoms with Gasteiger partial charge in [-0.1, -0.05) is 0 Å². The molecule has 0 radical (unpaired) electrons. The number of rotatable bonds is 1. The molecule has 22 heavy (non-hydrogen) atoms. The Morgan fingerprint density at radius 3 is 3.14 bits per heavy atom. The fraction of sp³-hybridized carbons (Fsp3) is 0.471. The second-order valence-electron chi connectivity index (χ2n) is 6.41. The quantitative estimate of drug-likeness (QED) is 0.813. The number of nitrogens with zero attached hydrogens (tertiary/aromatic N) is 3. The van der Waals surface area contributed by atoms with Crippen molar-refractivity contribution < 1.29 is 4.79 Å². The summed E-state index contributed by atoms with van der Waals surface area (Å²) in [5, 5.41) is 3.91. The molecule has 1 amide bonds. The first-order chi connectivity index (χ1) is 10.7. The third-order valence-electron chi connectivity index (χ3n) is 4.99. The van der Waals surface area contributed by atoms with Gasteiger partial charge in [-0.25, -0.2) is 9.97 Å². The van der Waals surface area contributed by atoms with Crippen molar-refractivity contribution in [3.8, 4) is 0 Å². The fourth-order valence-electron chi connectivity index (χ4n) is 3.90. The van der Waals surface area contributed by atoms with Crippen LogP contribution >= 0.6 is 11.3 Å². The largest absolute Gasteiger partial charge is 0.338 e. The van der Waals surface area contributed by atoms with Gasteiger partial charge in [0.25, 0.3) is 5.91 Å². The van der Waals surface area contributed by atoms with E-state index in [4.69, 9.17) is 4.98 Å². The molecule has 1 atom stereocenters. The number of carbonyl (C=O) groups excluding carboxylic acids is 1. The van der Waals surface area contributed by atoms with E-state index in [-0.39, 0.29) is 11.3 Å². The summed E-state index contributed by atoms with van der Waals surface area (Å²) in [6.07, 6.45) is 6.29. The minimum absolute atomic E-state index is 0.0486. The highest BCUT2D eigenvalue weighted by Crippen LogP contribution is 2.44. The summed E-state index contributed by atoms with van der Waals surface area (Å²) in [6, 6.07) is 1.92. The molecule has 1 aliphatic heterocycles. The molecular weight excluding hydrogens is 294 g/mol. The first kappa shape index (κ1) is 13.9. The van der Waals surface area contributed by atoms with Gasteiger partial charge in [0.05, 0.1) is 11.3 Å². The van der Waals surface area contributed by atoms with Gasteiger partial charge >= 0.3 is 0 Å². The molecule has 114 valence electrons. The Bertz CT molecular complexity index is 709. The topological polar surface area (TPSA) is 46.1 Å². The van der Waals surface area contributed by atoms with Crippen LogP contribution in [0.2, 0.25) is 0 Å². The zero-order chi connectivity index (χ0) is 15.2. The Hall–Kier alpha value is -1.75. The Balaban J connectivity index is 1.65. The summed E-state index contributed by atoms with van der Waals surface area (Å²) in [4.78, 5) is 23.8. The van der Waals surface area contributed by atoms with E-state index >= 15 is 0 Å². The zero-order valence-corrected chi connectivity index (χ0v) is 13.5. The van der Waals surface area contributed by atoms with Crippen molar-refractivity contribution in [2.75, 3.05) is 13.1 Å². The van der Waals surface area contributed by atoms with E-state index in [1.807, 2.05) is 34.8 Å². The number of hydrogen-bond donors (Lipinski definition) is 0. The van der Waals surface area contributed by atoms with E-state index in [1.54, 1.807) is 11.3 Å². The van der Waals surface area contributed by atoms with Gasteiger partial charge in [0.2, 0.25) is 0 Å². The summed E-state index contributed by atoms with van der Waals surface area (Å²) >= 11 is 1.58. The van der Waals surface area contributed by atoms with Crippen molar-refractivity contribution in [1.82, 2.24) is 14.9 Å². The van der Waals surface area contributed by atoms with Crippen molar-refractivity contribution >= 4 is 17.2 Å². The highest BCUT2D eigenvalue weighted by atomic mass is 32.1. The molecule has 2 aliphatic rings. The number of likely N-dealkylation sites (tertiary alicyclic amines) is 1. The number of piperidine rings is 1. The molecule has 4 rings (SSSR count). The molecule has 1 aliphatic carbocycles. The van der Waals surface area contributed by atoms with Gasteiger partial charge in [0, 0.05) is 30.1 Å². The van der Waals surface area contributed by atoms with Crippen molar-refractivity contribution in [2.45, 2.75) is 38.0 Å². The second-order valence-corrected chi connectivity index (χ2v) is 7.19. The number of thiophene rings is 1. The number of hydrogen-bond acceptors (Lipinski definition) is 4. The number of amides is 1. The lowest BCUT2D eigenvalue weighted by Crippen LogP contribution is -2.47. The Morgan fingerprint density at radius 1 is 1.41 bits per heavy atom. The van der Waals surface area contributed by atoms with Crippen LogP contribution < -0.4 is 0 Å². The standard InChI is InChI=1S/C17H19N3OS/c1-12-18-9-13-3-6-17(15(13)19-12)5-2-7-20(11-17)16(21)14-4-8-22-10-14/h4,8-10H,2-3,5-7,11H2,1H3. The van der Waals surface area contributed by atoms with E-state index in [0.29, 0.717) is 0 Å². The summed E-state index contributed by atoms with van der Waals surface area (Å²) in [6.45, 7) is 3.60. The third kappa shape index (κ3) is 2.15. The average molecular weight is 313 g/mol. The molecule has 0 N–H and O–H groups in total. The summed E-state index contributed by atoms with van der Waals surface area (Å²) in [5.74, 6) is 1.00. The number of aryl methyl sites for hydroxylation is 2. The van der Waals surface area contributed by atoms with E-state index < -0.39 is 0 Å². The van der Waals surface area contributed by atoms with Gasteiger partial charge in [0.1, 0.15) is 5.82 Å². The van der Waals surface area contributed by atoms with Crippen LogP contribution in [0, 0.1) is 6.92 Å². The zero-order valence-electron chi connectivity index (χ0n) is 12.7. The summed E-state index contributed by atoms with van der Waals surface area (Å²) < 4.78 is 0. The summed E-state index contributed by atoms with van der Waals surface area (Å²) in [7, 11) is 0. The first-order valence-electron chi connectivity index (χ1n) is 7.82. The normalized spacial score (nSPS) is 23.8. The van der Waals surface area contributed by atoms with Crippen molar-refractivity contribution in [3.05, 3.63) is 45.7 Å². The Kier molecular flexibility index (Phi) is 3.26. The predicted molar refractivity (Wildman–Crippen MR) is 86.2 cm³/mol. The van der Waals surface area contributed by atoms with Gasteiger partial charge in [-0.3, -0.25) is 4.79 Å². The van der Waals surface area contributed by atoms with Crippen LogP contribution in [0.3, 0.4) is 0 Å². The Morgan fingerprint density at radius 2 is 2.32 bits per heavy atom. The molecule has 1 unspecified atom stereocenters. The molecule has 3 heterocycles.